The van der Waals surface area contributed by atoms with E-state index in [1.807, 2.05) is 67.6 Å². The number of nitrogens with one attached hydrogen (secondary N) is 1. The first kappa shape index (κ1) is 23.8. The van der Waals surface area contributed by atoms with Crippen LogP contribution in [0.1, 0.15) is 18.5 Å². The molecule has 0 radical (unpaired) electrons. The Hall–Kier alpha value is -3.90. The Morgan fingerprint density at radius 1 is 0.778 bits per heavy atom. The highest BCUT2D eigenvalue weighted by Gasteiger charge is 2.40. The number of amides is 2. The third kappa shape index (κ3) is 4.52. The molecule has 5 rings (SSSR count). The summed E-state index contributed by atoms with van der Waals surface area (Å²) in [7, 11) is -4.32. The van der Waals surface area contributed by atoms with Gasteiger partial charge in [0, 0.05) is 11.3 Å². The van der Waals surface area contributed by atoms with Crippen molar-refractivity contribution < 1.29 is 24.3 Å². The molecule has 8 heteroatoms. The van der Waals surface area contributed by atoms with E-state index in [2.05, 4.69) is 5.32 Å². The highest BCUT2D eigenvalue weighted by molar-refractivity contribution is 7.60. The van der Waals surface area contributed by atoms with E-state index in [1.54, 1.807) is 29.2 Å². The van der Waals surface area contributed by atoms with Crippen molar-refractivity contribution in [1.82, 2.24) is 5.32 Å². The Morgan fingerprint density at radius 3 is 1.94 bits per heavy atom. The van der Waals surface area contributed by atoms with Gasteiger partial charge in [-0.05, 0) is 59.5 Å². The number of nitrogens with zero attached hydrogens (tertiary/aromatic N) is 1. The van der Waals surface area contributed by atoms with Gasteiger partial charge < -0.3 is 20.2 Å². The van der Waals surface area contributed by atoms with Crippen LogP contribution >= 0.6 is 7.60 Å². The first-order valence-corrected chi connectivity index (χ1v) is 13.1. The molecular formula is C28H25N2O5P. The van der Waals surface area contributed by atoms with Crippen LogP contribution in [0.3, 0.4) is 0 Å². The second kappa shape index (κ2) is 9.28. The number of anilines is 1. The molecule has 0 spiro atoms. The summed E-state index contributed by atoms with van der Waals surface area (Å²) in [6.07, 6.45) is 0. The first-order valence-electron chi connectivity index (χ1n) is 11.5. The molecule has 36 heavy (non-hydrogen) atoms. The van der Waals surface area contributed by atoms with Crippen molar-refractivity contribution in [3.05, 3.63) is 103 Å². The number of rotatable bonds is 5. The van der Waals surface area contributed by atoms with Crippen molar-refractivity contribution in [1.29, 1.82) is 0 Å². The van der Waals surface area contributed by atoms with Crippen LogP contribution in [0.15, 0.2) is 97.1 Å². The van der Waals surface area contributed by atoms with E-state index < -0.39 is 13.6 Å². The summed E-state index contributed by atoms with van der Waals surface area (Å²) >= 11 is 0. The molecule has 1 aliphatic heterocycles. The van der Waals surface area contributed by atoms with Crippen molar-refractivity contribution in [2.24, 2.45) is 0 Å². The van der Waals surface area contributed by atoms with Crippen LogP contribution in [0.5, 0.6) is 5.75 Å². The summed E-state index contributed by atoms with van der Waals surface area (Å²) in [5, 5.41) is 13.9. The van der Waals surface area contributed by atoms with Gasteiger partial charge in [0.1, 0.15) is 5.75 Å². The Balaban J connectivity index is 1.45. The number of urea groups is 1. The van der Waals surface area contributed by atoms with E-state index in [4.69, 9.17) is 0 Å². The average molecular weight is 500 g/mol. The molecule has 0 bridgehead atoms. The Kier molecular flexibility index (Phi) is 6.14. The number of phenols is 1. The third-order valence-corrected chi connectivity index (χ3v) is 7.43. The highest BCUT2D eigenvalue weighted by atomic mass is 31.2. The predicted molar refractivity (Wildman–Crippen MR) is 140 cm³/mol. The minimum Gasteiger partial charge on any atom is -0.508 e. The third-order valence-electron chi connectivity index (χ3n) is 6.46. The Labute approximate surface area is 208 Å². The number of phenolic OH excluding ortho intramolecular Hbond substituents is 1. The van der Waals surface area contributed by atoms with Crippen molar-refractivity contribution in [2.75, 3.05) is 4.90 Å². The number of carbonyl (C=O) groups excluding carboxylic acids is 1. The molecule has 7 nitrogen and oxygen atoms in total. The fourth-order valence-electron chi connectivity index (χ4n) is 4.65. The standard InChI is InChI=1S/C28H25N2O5P/c1-18-27(25-16-11-22(17-26(25)31)21-9-14-24(15-10-21)36(33,34)35)30(28(32)29-18)23-12-7-20(8-13-23)19-5-3-2-4-6-19/h2-18,27,31H,1H3,(H,29,32)(H2,33,34,35). The molecule has 1 fully saturated rings. The predicted octanol–water partition coefficient (Wildman–Crippen LogP) is 5.19. The fraction of sp³-hybridized carbons (Fsp3) is 0.107. The van der Waals surface area contributed by atoms with E-state index in [0.717, 1.165) is 16.8 Å². The number of benzene rings is 4. The average Bonchev–Trinajstić information content (AvgIpc) is 3.17. The van der Waals surface area contributed by atoms with Crippen molar-refractivity contribution in [3.63, 3.8) is 0 Å². The van der Waals surface area contributed by atoms with Gasteiger partial charge in [0.2, 0.25) is 0 Å². The van der Waals surface area contributed by atoms with Gasteiger partial charge in [-0.2, -0.15) is 0 Å². The maximum absolute atomic E-state index is 12.9. The number of hydrogen-bond acceptors (Lipinski definition) is 3. The highest BCUT2D eigenvalue weighted by Crippen LogP contribution is 2.40. The van der Waals surface area contributed by atoms with Gasteiger partial charge in [-0.1, -0.05) is 66.7 Å². The molecule has 0 aliphatic carbocycles. The summed E-state index contributed by atoms with van der Waals surface area (Å²) in [5.41, 5.74) is 4.84. The molecule has 2 amide bonds. The lowest BCUT2D eigenvalue weighted by molar-refractivity contribution is 0.251. The van der Waals surface area contributed by atoms with Gasteiger partial charge in [0.15, 0.2) is 0 Å². The lowest BCUT2D eigenvalue weighted by atomic mass is 9.95. The van der Waals surface area contributed by atoms with Gasteiger partial charge in [0.05, 0.1) is 17.4 Å². The lowest BCUT2D eigenvalue weighted by Crippen LogP contribution is -2.29. The maximum Gasteiger partial charge on any atom is 0.356 e. The van der Waals surface area contributed by atoms with E-state index in [9.17, 15) is 24.3 Å². The van der Waals surface area contributed by atoms with E-state index in [1.165, 1.54) is 12.1 Å². The van der Waals surface area contributed by atoms with Gasteiger partial charge in [-0.3, -0.25) is 9.46 Å². The number of carbonyl (C=O) groups is 1. The zero-order valence-electron chi connectivity index (χ0n) is 19.4. The number of hydrogen-bond donors (Lipinski definition) is 4. The molecule has 4 aromatic carbocycles. The Morgan fingerprint density at radius 2 is 1.33 bits per heavy atom. The SMILES string of the molecule is CC1NC(=O)N(c2ccc(-c3ccccc3)cc2)C1c1ccc(-c2ccc(P(=O)(O)O)cc2)cc1O. The van der Waals surface area contributed by atoms with Crippen LogP contribution in [-0.2, 0) is 4.57 Å². The molecule has 0 saturated carbocycles. The van der Waals surface area contributed by atoms with E-state index in [0.29, 0.717) is 16.7 Å². The lowest BCUT2D eigenvalue weighted by Gasteiger charge is -2.26. The van der Waals surface area contributed by atoms with E-state index >= 15 is 0 Å². The monoisotopic (exact) mass is 500 g/mol. The topological polar surface area (TPSA) is 110 Å². The van der Waals surface area contributed by atoms with Crippen LogP contribution in [0.2, 0.25) is 0 Å². The minimum absolute atomic E-state index is 0.0332. The van der Waals surface area contributed by atoms with Crippen LogP contribution in [0.25, 0.3) is 22.3 Å². The Bertz CT molecular complexity index is 1450. The summed E-state index contributed by atoms with van der Waals surface area (Å²) in [6.45, 7) is 1.90. The van der Waals surface area contributed by atoms with Gasteiger partial charge >= 0.3 is 13.6 Å². The molecule has 1 heterocycles. The van der Waals surface area contributed by atoms with Crippen LogP contribution < -0.4 is 15.5 Å². The molecule has 2 unspecified atom stereocenters. The maximum atomic E-state index is 12.9. The second-order valence-corrected chi connectivity index (χ2v) is 10.4. The summed E-state index contributed by atoms with van der Waals surface area (Å²) in [4.78, 5) is 33.2. The smallest absolute Gasteiger partial charge is 0.356 e. The van der Waals surface area contributed by atoms with Gasteiger partial charge in [-0.15, -0.1) is 0 Å². The molecule has 182 valence electrons. The zero-order valence-corrected chi connectivity index (χ0v) is 20.3. The first-order chi connectivity index (χ1) is 17.2. The normalized spacial score (nSPS) is 17.8. The quantitative estimate of drug-likeness (QED) is 0.282. The molecular weight excluding hydrogens is 475 g/mol. The largest absolute Gasteiger partial charge is 0.508 e. The summed E-state index contributed by atoms with van der Waals surface area (Å²) in [5.74, 6) is 0.0332. The summed E-state index contributed by atoms with van der Waals surface area (Å²) < 4.78 is 11.4. The van der Waals surface area contributed by atoms with Crippen LogP contribution in [-0.4, -0.2) is 27.0 Å². The van der Waals surface area contributed by atoms with Gasteiger partial charge in [-0.25, -0.2) is 4.79 Å². The molecule has 4 aromatic rings. The number of aromatic hydroxyl groups is 1. The molecule has 4 N–H and O–H groups in total. The zero-order chi connectivity index (χ0) is 25.4. The molecule has 2 atom stereocenters. The fourth-order valence-corrected chi connectivity index (χ4v) is 5.18. The van der Waals surface area contributed by atoms with Crippen molar-refractivity contribution >= 4 is 24.6 Å². The molecule has 1 saturated heterocycles. The molecule has 1 aliphatic rings. The second-order valence-electron chi connectivity index (χ2n) is 8.83. The molecule has 0 aromatic heterocycles. The van der Waals surface area contributed by atoms with Gasteiger partial charge in [0.25, 0.3) is 0 Å². The van der Waals surface area contributed by atoms with Crippen LogP contribution in [0.4, 0.5) is 10.5 Å². The minimum atomic E-state index is -4.32. The van der Waals surface area contributed by atoms with Crippen LogP contribution in [0, 0.1) is 0 Å². The van der Waals surface area contributed by atoms with Crippen molar-refractivity contribution in [3.8, 4) is 28.0 Å². The van der Waals surface area contributed by atoms with Crippen molar-refractivity contribution in [2.45, 2.75) is 19.0 Å². The van der Waals surface area contributed by atoms with E-state index in [-0.39, 0.29) is 23.1 Å². The summed E-state index contributed by atoms with van der Waals surface area (Å²) in [6, 6.07) is 28.0.